The zero-order valence-electron chi connectivity index (χ0n) is 10.0. The number of rotatable bonds is 6. The molecule has 3 nitrogen and oxygen atoms in total. The van der Waals surface area contributed by atoms with Crippen LogP contribution < -0.4 is 0 Å². The van der Waals surface area contributed by atoms with E-state index in [0.29, 0.717) is 5.02 Å². The van der Waals surface area contributed by atoms with Gasteiger partial charge in [0, 0.05) is 0 Å². The predicted molar refractivity (Wildman–Crippen MR) is 71.2 cm³/mol. The lowest BCUT2D eigenvalue weighted by atomic mass is 10.2. The van der Waals surface area contributed by atoms with Crippen molar-refractivity contribution in [2.24, 2.45) is 0 Å². The second-order valence-corrected chi connectivity index (χ2v) is 6.25. The van der Waals surface area contributed by atoms with E-state index >= 15 is 0 Å². The van der Waals surface area contributed by atoms with Crippen LogP contribution in [0.4, 0.5) is 4.39 Å². The normalized spacial score (nSPS) is 13.6. The molecular formula is C11H14Cl2FO3P. The number of hydrogen-bond donors (Lipinski definition) is 0. The van der Waals surface area contributed by atoms with Crippen LogP contribution in [0.1, 0.15) is 25.3 Å². The highest BCUT2D eigenvalue weighted by atomic mass is 35.5. The topological polar surface area (TPSA) is 35.5 Å². The highest BCUT2D eigenvalue weighted by Crippen LogP contribution is 2.61. The van der Waals surface area contributed by atoms with Gasteiger partial charge in [-0.15, -0.1) is 0 Å². The molecule has 0 aromatic heterocycles. The third kappa shape index (κ3) is 3.69. The largest absolute Gasteiger partial charge is 0.369 e. The first-order valence-corrected chi connectivity index (χ1v) is 7.79. The van der Waals surface area contributed by atoms with E-state index in [1.807, 2.05) is 0 Å². The van der Waals surface area contributed by atoms with Crippen molar-refractivity contribution in [1.82, 2.24) is 0 Å². The van der Waals surface area contributed by atoms with Crippen molar-refractivity contribution in [2.75, 3.05) is 13.2 Å². The molecule has 0 spiro atoms. The van der Waals surface area contributed by atoms with E-state index in [0.717, 1.165) is 0 Å². The fourth-order valence-electron chi connectivity index (χ4n) is 1.37. The van der Waals surface area contributed by atoms with Crippen molar-refractivity contribution >= 4 is 30.8 Å². The number of hydrogen-bond acceptors (Lipinski definition) is 3. The Morgan fingerprint density at radius 3 is 2.22 bits per heavy atom. The molecule has 18 heavy (non-hydrogen) atoms. The van der Waals surface area contributed by atoms with Gasteiger partial charge in [-0.25, -0.2) is 4.39 Å². The van der Waals surface area contributed by atoms with Crippen LogP contribution in [-0.2, 0) is 13.6 Å². The molecule has 0 bridgehead atoms. The van der Waals surface area contributed by atoms with E-state index in [1.54, 1.807) is 13.8 Å². The van der Waals surface area contributed by atoms with E-state index in [4.69, 9.17) is 32.2 Å². The summed E-state index contributed by atoms with van der Waals surface area (Å²) >= 11 is 11.5. The van der Waals surface area contributed by atoms with Crippen LogP contribution >= 0.6 is 30.8 Å². The maximum atomic E-state index is 14.3. The Kier molecular flexibility index (Phi) is 6.09. The smallest absolute Gasteiger partial charge is 0.307 e. The molecular weight excluding hydrogens is 301 g/mol. The maximum absolute atomic E-state index is 14.3. The monoisotopic (exact) mass is 314 g/mol. The van der Waals surface area contributed by atoms with Gasteiger partial charge < -0.3 is 9.05 Å². The molecule has 0 fully saturated rings. The Hall–Kier alpha value is -0.120. The van der Waals surface area contributed by atoms with Gasteiger partial charge in [0.1, 0.15) is 0 Å². The summed E-state index contributed by atoms with van der Waals surface area (Å²) in [5.74, 6) is -1.88. The van der Waals surface area contributed by atoms with Gasteiger partial charge in [-0.3, -0.25) is 4.57 Å². The fraction of sp³-hybridized carbons (Fsp3) is 0.455. The number of alkyl halides is 1. The van der Waals surface area contributed by atoms with Crippen LogP contribution in [0.3, 0.4) is 0 Å². The molecule has 102 valence electrons. The zero-order valence-corrected chi connectivity index (χ0v) is 12.4. The number of benzene rings is 1. The van der Waals surface area contributed by atoms with Crippen molar-refractivity contribution in [3.63, 3.8) is 0 Å². The molecule has 0 saturated heterocycles. The Labute approximate surface area is 116 Å². The summed E-state index contributed by atoms with van der Waals surface area (Å²) in [4.78, 5) is 0. The fourth-order valence-corrected chi connectivity index (χ4v) is 3.26. The first kappa shape index (κ1) is 15.9. The lowest BCUT2D eigenvalue weighted by Crippen LogP contribution is -2.03. The van der Waals surface area contributed by atoms with Gasteiger partial charge in [0.05, 0.1) is 23.3 Å². The number of halogens is 3. The van der Waals surface area contributed by atoms with E-state index in [9.17, 15) is 8.96 Å². The molecule has 0 aliphatic heterocycles. The SMILES string of the molecule is CCOP(=O)(OCC)[C@@H](F)c1ccc(Cl)c(Cl)c1. The second-order valence-electron chi connectivity index (χ2n) is 3.38. The van der Waals surface area contributed by atoms with Gasteiger partial charge in [0.15, 0.2) is 0 Å². The van der Waals surface area contributed by atoms with Gasteiger partial charge in [0.2, 0.25) is 5.91 Å². The molecule has 0 aliphatic rings. The van der Waals surface area contributed by atoms with Crippen LogP contribution in [0.2, 0.25) is 10.0 Å². The minimum absolute atomic E-state index is 0.0962. The van der Waals surface area contributed by atoms with Gasteiger partial charge in [0.25, 0.3) is 0 Å². The van der Waals surface area contributed by atoms with Crippen LogP contribution in [0.25, 0.3) is 0 Å². The van der Waals surface area contributed by atoms with Gasteiger partial charge >= 0.3 is 7.60 Å². The summed E-state index contributed by atoms with van der Waals surface area (Å²) < 4.78 is 36.3. The summed E-state index contributed by atoms with van der Waals surface area (Å²) in [6.07, 6.45) is 0. The molecule has 0 amide bonds. The third-order valence-electron chi connectivity index (χ3n) is 2.11. The summed E-state index contributed by atoms with van der Waals surface area (Å²) in [5, 5.41) is 0.492. The summed E-state index contributed by atoms with van der Waals surface area (Å²) in [7, 11) is -3.84. The lowest BCUT2D eigenvalue weighted by molar-refractivity contribution is 0.190. The highest BCUT2D eigenvalue weighted by Gasteiger charge is 2.37. The molecule has 0 aliphatic carbocycles. The molecule has 0 unspecified atom stereocenters. The van der Waals surface area contributed by atoms with Crippen LogP contribution in [-0.4, -0.2) is 13.2 Å². The molecule has 0 N–H and O–H groups in total. The minimum Gasteiger partial charge on any atom is -0.307 e. The van der Waals surface area contributed by atoms with Gasteiger partial charge in [-0.2, -0.15) is 0 Å². The molecule has 7 heteroatoms. The molecule has 1 aromatic carbocycles. The molecule has 0 heterocycles. The summed E-state index contributed by atoms with van der Waals surface area (Å²) in [6.45, 7) is 3.43. The van der Waals surface area contributed by atoms with Crippen LogP contribution in [0.15, 0.2) is 18.2 Å². The Morgan fingerprint density at radius 2 is 1.78 bits per heavy atom. The quantitative estimate of drug-likeness (QED) is 0.675. The van der Waals surface area contributed by atoms with Gasteiger partial charge in [-0.05, 0) is 31.5 Å². The Balaban J connectivity index is 3.05. The summed E-state index contributed by atoms with van der Waals surface area (Å²) in [5.41, 5.74) is 0.120. The zero-order chi connectivity index (χ0) is 13.8. The van der Waals surface area contributed by atoms with Crippen molar-refractivity contribution in [3.05, 3.63) is 33.8 Å². The second kappa shape index (κ2) is 6.88. The van der Waals surface area contributed by atoms with Crippen LogP contribution in [0, 0.1) is 0 Å². The van der Waals surface area contributed by atoms with E-state index < -0.39 is 13.5 Å². The molecule has 1 rings (SSSR count). The van der Waals surface area contributed by atoms with E-state index in [1.165, 1.54) is 18.2 Å². The molecule has 0 saturated carbocycles. The van der Waals surface area contributed by atoms with Crippen molar-refractivity contribution in [2.45, 2.75) is 19.8 Å². The van der Waals surface area contributed by atoms with Crippen molar-refractivity contribution < 1.29 is 18.0 Å². The van der Waals surface area contributed by atoms with Crippen LogP contribution in [0.5, 0.6) is 0 Å². The van der Waals surface area contributed by atoms with Crippen molar-refractivity contribution in [1.29, 1.82) is 0 Å². The van der Waals surface area contributed by atoms with E-state index in [-0.39, 0.29) is 23.8 Å². The first-order valence-electron chi connectivity index (χ1n) is 5.42. The highest BCUT2D eigenvalue weighted by molar-refractivity contribution is 7.54. The molecule has 1 atom stereocenters. The predicted octanol–water partition coefficient (Wildman–Crippen LogP) is 5.23. The Bertz CT molecular complexity index is 446. The standard InChI is InChI=1S/C11H14Cl2FO3P/c1-3-16-18(15,17-4-2)11(14)8-5-6-9(12)10(13)7-8/h5-7,11H,3-4H2,1-2H3/t11-/m1/s1. The lowest BCUT2D eigenvalue weighted by Gasteiger charge is -2.21. The average Bonchev–Trinajstić information content (AvgIpc) is 2.32. The molecule has 1 aromatic rings. The first-order chi connectivity index (χ1) is 8.44. The van der Waals surface area contributed by atoms with Crippen molar-refractivity contribution in [3.8, 4) is 0 Å². The van der Waals surface area contributed by atoms with E-state index in [2.05, 4.69) is 0 Å². The van der Waals surface area contributed by atoms with Gasteiger partial charge in [-0.1, -0.05) is 29.3 Å². The Morgan fingerprint density at radius 1 is 1.22 bits per heavy atom. The average molecular weight is 315 g/mol. The summed E-state index contributed by atoms with van der Waals surface area (Å²) in [6, 6.07) is 4.16. The molecule has 0 radical (unpaired) electrons. The minimum atomic E-state index is -3.84. The third-order valence-corrected chi connectivity index (χ3v) is 4.94. The maximum Gasteiger partial charge on any atom is 0.369 e.